The highest BCUT2D eigenvalue weighted by molar-refractivity contribution is 14.1. The highest BCUT2D eigenvalue weighted by Gasteiger charge is 2.30. The van der Waals surface area contributed by atoms with E-state index >= 15 is 0 Å². The topological polar surface area (TPSA) is 20.2 Å². The Morgan fingerprint density at radius 3 is 2.22 bits per heavy atom. The Labute approximate surface area is 115 Å². The summed E-state index contributed by atoms with van der Waals surface area (Å²) in [5.41, 5.74) is 0.439. The first-order valence-corrected chi connectivity index (χ1v) is 6.12. The van der Waals surface area contributed by atoms with Crippen molar-refractivity contribution < 1.29 is 18.3 Å². The zero-order valence-corrected chi connectivity index (χ0v) is 11.2. The van der Waals surface area contributed by atoms with Crippen LogP contribution in [0.1, 0.15) is 5.56 Å². The predicted octanol–water partition coefficient (Wildman–Crippen LogP) is 4.68. The van der Waals surface area contributed by atoms with E-state index < -0.39 is 11.7 Å². The normalized spacial score (nSPS) is 11.6. The maximum absolute atomic E-state index is 12.6. The Morgan fingerprint density at radius 1 is 0.944 bits per heavy atom. The first-order chi connectivity index (χ1) is 8.38. The molecule has 0 saturated heterocycles. The van der Waals surface area contributed by atoms with Crippen molar-refractivity contribution in [2.75, 3.05) is 0 Å². The van der Waals surface area contributed by atoms with Crippen molar-refractivity contribution in [3.05, 3.63) is 51.6 Å². The second-order valence-corrected chi connectivity index (χ2v) is 4.91. The van der Waals surface area contributed by atoms with Crippen LogP contribution in [0.2, 0.25) is 0 Å². The van der Waals surface area contributed by atoms with Crippen molar-refractivity contribution in [1.82, 2.24) is 0 Å². The third-order valence-electron chi connectivity index (χ3n) is 2.47. The summed E-state index contributed by atoms with van der Waals surface area (Å²) in [5.74, 6) is 0.117. The molecule has 1 nitrogen and oxygen atoms in total. The van der Waals surface area contributed by atoms with Gasteiger partial charge in [0, 0.05) is 0 Å². The molecule has 0 unspecified atom stereocenters. The summed E-state index contributed by atoms with van der Waals surface area (Å²) in [6.45, 7) is 0. The molecule has 2 aromatic rings. The Morgan fingerprint density at radius 2 is 1.61 bits per heavy atom. The molecule has 5 heteroatoms. The molecule has 0 spiro atoms. The Bertz CT molecular complexity index is 579. The lowest BCUT2D eigenvalue weighted by Crippen LogP contribution is -2.04. The van der Waals surface area contributed by atoms with Crippen molar-refractivity contribution in [3.63, 3.8) is 0 Å². The zero-order chi connectivity index (χ0) is 13.3. The number of rotatable bonds is 1. The minimum atomic E-state index is -4.35. The van der Waals surface area contributed by atoms with Crippen molar-refractivity contribution in [2.45, 2.75) is 6.18 Å². The second-order valence-electron chi connectivity index (χ2n) is 3.74. The van der Waals surface area contributed by atoms with Gasteiger partial charge in [0.25, 0.3) is 0 Å². The van der Waals surface area contributed by atoms with E-state index in [1.54, 1.807) is 18.2 Å². The molecule has 1 N–H and O–H groups in total. The fraction of sp³-hybridized carbons (Fsp3) is 0.0769. The van der Waals surface area contributed by atoms with Crippen LogP contribution in [0.5, 0.6) is 5.75 Å². The minimum absolute atomic E-state index is 0.117. The van der Waals surface area contributed by atoms with Crippen molar-refractivity contribution in [3.8, 4) is 16.9 Å². The summed E-state index contributed by atoms with van der Waals surface area (Å²) in [7, 11) is 0. The Hall–Kier alpha value is -1.24. The van der Waals surface area contributed by atoms with Crippen molar-refractivity contribution in [2.24, 2.45) is 0 Å². The summed E-state index contributed by atoms with van der Waals surface area (Å²) in [4.78, 5) is 0. The number of hydrogen-bond acceptors (Lipinski definition) is 1. The van der Waals surface area contributed by atoms with Crippen LogP contribution in [-0.4, -0.2) is 5.11 Å². The number of phenols is 1. The molecule has 0 aliphatic rings. The van der Waals surface area contributed by atoms with Crippen LogP contribution < -0.4 is 0 Å². The van der Waals surface area contributed by atoms with Crippen molar-refractivity contribution in [1.29, 1.82) is 0 Å². The van der Waals surface area contributed by atoms with E-state index in [1.807, 2.05) is 22.6 Å². The smallest absolute Gasteiger partial charge is 0.416 e. The molecule has 2 rings (SSSR count). The zero-order valence-electron chi connectivity index (χ0n) is 9.00. The van der Waals surface area contributed by atoms with E-state index in [2.05, 4.69) is 0 Å². The summed E-state index contributed by atoms with van der Waals surface area (Å²) >= 11 is 1.93. The van der Waals surface area contributed by atoms with E-state index in [9.17, 15) is 18.3 Å². The van der Waals surface area contributed by atoms with Gasteiger partial charge in [0.1, 0.15) is 5.75 Å². The van der Waals surface area contributed by atoms with Gasteiger partial charge < -0.3 is 5.11 Å². The van der Waals surface area contributed by atoms with Crippen LogP contribution in [0, 0.1) is 3.57 Å². The average molecular weight is 364 g/mol. The molecule has 0 aromatic heterocycles. The van der Waals surface area contributed by atoms with Crippen LogP contribution >= 0.6 is 22.6 Å². The summed E-state index contributed by atoms with van der Waals surface area (Å²) in [5, 5.41) is 9.39. The molecule has 18 heavy (non-hydrogen) atoms. The largest absolute Gasteiger partial charge is 0.507 e. The highest BCUT2D eigenvalue weighted by atomic mass is 127. The molecular formula is C13H8F3IO. The minimum Gasteiger partial charge on any atom is -0.507 e. The quantitative estimate of drug-likeness (QED) is 0.729. The van der Waals surface area contributed by atoms with Gasteiger partial charge in [-0.15, -0.1) is 0 Å². The first kappa shape index (κ1) is 13.2. The van der Waals surface area contributed by atoms with Gasteiger partial charge in [-0.2, -0.15) is 13.2 Å². The van der Waals surface area contributed by atoms with E-state index in [0.29, 0.717) is 14.7 Å². The van der Waals surface area contributed by atoms with Crippen molar-refractivity contribution >= 4 is 22.6 Å². The number of alkyl halides is 3. The van der Waals surface area contributed by atoms with Gasteiger partial charge in [-0.1, -0.05) is 18.2 Å². The molecule has 0 saturated carbocycles. The van der Waals surface area contributed by atoms with Gasteiger partial charge in [-0.05, 0) is 58.0 Å². The Kier molecular flexibility index (Phi) is 3.52. The lowest BCUT2D eigenvalue weighted by Gasteiger charge is -2.09. The molecule has 0 heterocycles. The number of hydrogen-bond donors (Lipinski definition) is 1. The lowest BCUT2D eigenvalue weighted by atomic mass is 10.0. The van der Waals surface area contributed by atoms with Gasteiger partial charge in [0.05, 0.1) is 9.13 Å². The molecule has 0 amide bonds. The fourth-order valence-electron chi connectivity index (χ4n) is 1.56. The number of phenolic OH excluding ortho intramolecular Hbond substituents is 1. The van der Waals surface area contributed by atoms with E-state index in [1.165, 1.54) is 12.1 Å². The number of halogens is 4. The monoisotopic (exact) mass is 364 g/mol. The van der Waals surface area contributed by atoms with Crippen LogP contribution in [0.25, 0.3) is 11.1 Å². The molecule has 0 aliphatic carbocycles. The van der Waals surface area contributed by atoms with Crippen LogP contribution in [0.4, 0.5) is 13.2 Å². The predicted molar refractivity (Wildman–Crippen MR) is 71.3 cm³/mol. The fourth-order valence-corrected chi connectivity index (χ4v) is 2.08. The third kappa shape index (κ3) is 2.77. The molecular weight excluding hydrogens is 356 g/mol. The highest BCUT2D eigenvalue weighted by Crippen LogP contribution is 2.33. The third-order valence-corrected chi connectivity index (χ3v) is 3.33. The first-order valence-electron chi connectivity index (χ1n) is 5.04. The molecule has 0 atom stereocenters. The lowest BCUT2D eigenvalue weighted by molar-refractivity contribution is -0.137. The summed E-state index contributed by atoms with van der Waals surface area (Å²) in [6.07, 6.45) is -4.35. The van der Waals surface area contributed by atoms with Crippen LogP contribution in [-0.2, 0) is 6.18 Å². The maximum Gasteiger partial charge on any atom is 0.416 e. The molecule has 0 radical (unpaired) electrons. The SMILES string of the molecule is Oc1ccc(-c2cccc(C(F)(F)F)c2)cc1I. The molecule has 0 fully saturated rings. The molecule has 0 bridgehead atoms. The van der Waals surface area contributed by atoms with Gasteiger partial charge >= 0.3 is 6.18 Å². The van der Waals surface area contributed by atoms with E-state index in [4.69, 9.17) is 0 Å². The van der Waals surface area contributed by atoms with Gasteiger partial charge in [-0.3, -0.25) is 0 Å². The van der Waals surface area contributed by atoms with Gasteiger partial charge in [0.2, 0.25) is 0 Å². The number of benzene rings is 2. The van der Waals surface area contributed by atoms with Gasteiger partial charge in [-0.25, -0.2) is 0 Å². The summed E-state index contributed by atoms with van der Waals surface area (Å²) in [6, 6.07) is 9.82. The standard InChI is InChI=1S/C13H8F3IO/c14-13(15,16)10-3-1-2-8(6-10)9-4-5-12(18)11(17)7-9/h1-7,18H. The van der Waals surface area contributed by atoms with Crippen LogP contribution in [0.15, 0.2) is 42.5 Å². The van der Waals surface area contributed by atoms with Gasteiger partial charge in [0.15, 0.2) is 0 Å². The Balaban J connectivity index is 2.48. The van der Waals surface area contributed by atoms with E-state index in [-0.39, 0.29) is 5.75 Å². The molecule has 0 aliphatic heterocycles. The molecule has 2 aromatic carbocycles. The number of aromatic hydroxyl groups is 1. The average Bonchev–Trinajstić information content (AvgIpc) is 2.32. The summed E-state index contributed by atoms with van der Waals surface area (Å²) < 4.78 is 38.4. The second kappa shape index (κ2) is 4.79. The van der Waals surface area contributed by atoms with E-state index in [0.717, 1.165) is 12.1 Å². The van der Waals surface area contributed by atoms with Crippen LogP contribution in [0.3, 0.4) is 0 Å². The molecule has 94 valence electrons. The maximum atomic E-state index is 12.6.